The molecule has 2 amide bonds. The molecule has 2 saturated heterocycles. The minimum atomic E-state index is -0.586. The van der Waals surface area contributed by atoms with Gasteiger partial charge in [0, 0.05) is 72.9 Å². The van der Waals surface area contributed by atoms with Crippen LogP contribution in [0.2, 0.25) is 10.0 Å². The number of carbonyl (C=O) groups excluding carboxylic acids is 2. The van der Waals surface area contributed by atoms with Crippen LogP contribution in [0.5, 0.6) is 0 Å². The number of nitrogens with zero attached hydrogens (tertiary/aromatic N) is 8. The number of rotatable bonds is 11. The van der Waals surface area contributed by atoms with E-state index in [-0.39, 0.29) is 42.8 Å². The molecule has 2 aliphatic heterocycles. The lowest BCUT2D eigenvalue weighted by Crippen LogP contribution is -2.47. The minimum absolute atomic E-state index is 0.0526. The highest BCUT2D eigenvalue weighted by Gasteiger charge is 2.29. The molecule has 8 heterocycles. The molecule has 62 heavy (non-hydrogen) atoms. The topological polar surface area (TPSA) is 192 Å². The van der Waals surface area contributed by atoms with Gasteiger partial charge < -0.3 is 39.9 Å². The smallest absolute Gasteiger partial charge is 0.411 e. The first-order valence-corrected chi connectivity index (χ1v) is 21.1. The van der Waals surface area contributed by atoms with Gasteiger partial charge in [-0.15, -0.1) is 18.0 Å². The third kappa shape index (κ3) is 10.5. The van der Waals surface area contributed by atoms with Crippen molar-refractivity contribution in [1.82, 2.24) is 49.7 Å². The molecule has 2 aliphatic rings. The Kier molecular flexibility index (Phi) is 14.7. The van der Waals surface area contributed by atoms with E-state index in [9.17, 15) is 18.4 Å². The Labute approximate surface area is 369 Å². The summed E-state index contributed by atoms with van der Waals surface area (Å²) in [6.07, 6.45) is 18.3. The zero-order valence-electron chi connectivity index (χ0n) is 33.1. The summed E-state index contributed by atoms with van der Waals surface area (Å²) in [6.45, 7) is 1.89. The van der Waals surface area contributed by atoms with Gasteiger partial charge in [-0.1, -0.05) is 29.1 Å². The van der Waals surface area contributed by atoms with Crippen LogP contribution in [0.15, 0.2) is 49.3 Å². The van der Waals surface area contributed by atoms with Crippen LogP contribution in [0.3, 0.4) is 0 Å². The van der Waals surface area contributed by atoms with E-state index in [2.05, 4.69) is 56.4 Å². The molecule has 0 saturated carbocycles. The van der Waals surface area contributed by atoms with E-state index < -0.39 is 23.8 Å². The predicted molar refractivity (Wildman–Crippen MR) is 232 cm³/mol. The molecule has 2 atom stereocenters. The van der Waals surface area contributed by atoms with Crippen LogP contribution < -0.4 is 10.6 Å². The van der Waals surface area contributed by atoms with Gasteiger partial charge in [0.1, 0.15) is 17.9 Å². The third-order valence-corrected chi connectivity index (χ3v) is 10.8. The van der Waals surface area contributed by atoms with Crippen molar-refractivity contribution in [2.75, 3.05) is 55.9 Å². The Bertz CT molecular complexity index is 2570. The van der Waals surface area contributed by atoms with Crippen LogP contribution in [0.1, 0.15) is 38.5 Å². The fourth-order valence-corrected chi connectivity index (χ4v) is 7.69. The average Bonchev–Trinajstić information content (AvgIpc) is 3.91. The number of fused-ring (bicyclic) bond motifs is 2. The summed E-state index contributed by atoms with van der Waals surface area (Å²) < 4.78 is 39.0. The SMILES string of the molecule is C#CCOC(=O)N1CCCC[C@H]1CNc1nc(-c2c[nH]c3ncc(Cl)cc23)ncc1F.O=C(OCCCl)N1CCCC[C@H]1CNc1nc(-c2c[nH]c3ncc(Cl)cc23)ncc1F. The molecule has 2 fully saturated rings. The maximum absolute atomic E-state index is 14.4. The first kappa shape index (κ1) is 44.0. The number of terminal acetylenes is 1. The summed E-state index contributed by atoms with van der Waals surface area (Å²) in [4.78, 5) is 59.3. The molecule has 0 spiro atoms. The normalized spacial score (nSPS) is 16.3. The number of alkyl halides is 1. The third-order valence-electron chi connectivity index (χ3n) is 10.3. The van der Waals surface area contributed by atoms with E-state index in [4.69, 9.17) is 50.7 Å². The highest BCUT2D eigenvalue weighted by molar-refractivity contribution is 6.31. The largest absolute Gasteiger partial charge is 0.448 e. The molecule has 4 N–H and O–H groups in total. The molecule has 6 aromatic rings. The minimum Gasteiger partial charge on any atom is -0.448 e. The number of likely N-dealkylation sites (tertiary alicyclic amines) is 2. The number of halogens is 5. The number of ether oxygens (including phenoxy) is 2. The van der Waals surface area contributed by atoms with E-state index >= 15 is 0 Å². The average molecular weight is 910 g/mol. The number of anilines is 2. The van der Waals surface area contributed by atoms with Gasteiger partial charge in [-0.25, -0.2) is 48.3 Å². The first-order valence-electron chi connectivity index (χ1n) is 19.8. The number of carbonyl (C=O) groups is 2. The Morgan fingerprint density at radius 2 is 1.24 bits per heavy atom. The summed E-state index contributed by atoms with van der Waals surface area (Å²) >= 11 is 17.7. The lowest BCUT2D eigenvalue weighted by Gasteiger charge is -2.35. The molecule has 0 radical (unpaired) electrons. The number of hydrogen-bond donors (Lipinski definition) is 4. The molecule has 0 bridgehead atoms. The van der Waals surface area contributed by atoms with Crippen LogP contribution >= 0.6 is 34.8 Å². The molecule has 6 aromatic heterocycles. The molecule has 21 heteroatoms. The second kappa shape index (κ2) is 20.7. The standard InChI is InChI=1S/C21H20ClFN6O2.C20H21Cl2FN6O2/c1-2-7-31-21(30)29-6-4-3-5-14(29)10-25-20-17(23)12-27-19(28-20)16-11-26-18-15(16)8-13(22)9-24-18;21-4-6-31-20(30)29-5-2-1-3-13(29)9-25-19-16(23)11-27-18(28-19)15-10-26-17-14(15)7-12(22)8-24-17/h1,8-9,11-12,14H,3-7,10H2,(H,24,26)(H,25,27,28);7-8,10-11,13H,1-6,9H2,(H,24,26)(H,25,27,28)/t14-;13-/m00/s1. The second-order valence-corrected chi connectivity index (χ2v) is 15.5. The Morgan fingerprint density at radius 1 is 0.758 bits per heavy atom. The number of amides is 2. The van der Waals surface area contributed by atoms with Crippen LogP contribution in [-0.2, 0) is 9.47 Å². The lowest BCUT2D eigenvalue weighted by atomic mass is 10.0. The molecular formula is C41H41Cl3F2N12O4. The fraction of sp³-hybridized carbons (Fsp3) is 0.366. The van der Waals surface area contributed by atoms with Crippen LogP contribution in [0, 0.1) is 24.0 Å². The van der Waals surface area contributed by atoms with Crippen molar-refractivity contribution in [1.29, 1.82) is 0 Å². The van der Waals surface area contributed by atoms with E-state index in [0.29, 0.717) is 70.3 Å². The van der Waals surface area contributed by atoms with Gasteiger partial charge in [0.25, 0.3) is 0 Å². The summed E-state index contributed by atoms with van der Waals surface area (Å²) in [5.41, 5.74) is 2.59. The predicted octanol–water partition coefficient (Wildman–Crippen LogP) is 8.30. The maximum Gasteiger partial charge on any atom is 0.411 e. The van der Waals surface area contributed by atoms with Gasteiger partial charge in [0.2, 0.25) is 0 Å². The van der Waals surface area contributed by atoms with Gasteiger partial charge in [0.15, 0.2) is 41.5 Å². The van der Waals surface area contributed by atoms with Gasteiger partial charge >= 0.3 is 12.2 Å². The molecule has 0 unspecified atom stereocenters. The zero-order chi connectivity index (χ0) is 43.6. The molecule has 8 rings (SSSR count). The van der Waals surface area contributed by atoms with Gasteiger partial charge in [-0.3, -0.25) is 0 Å². The molecule has 0 aliphatic carbocycles. The second-order valence-electron chi connectivity index (χ2n) is 14.3. The van der Waals surface area contributed by atoms with Crippen molar-refractivity contribution >= 4 is 80.7 Å². The summed E-state index contributed by atoms with van der Waals surface area (Å²) in [5, 5.41) is 8.48. The van der Waals surface area contributed by atoms with Crippen molar-refractivity contribution in [2.24, 2.45) is 0 Å². The summed E-state index contributed by atoms with van der Waals surface area (Å²) in [6, 6.07) is 3.21. The summed E-state index contributed by atoms with van der Waals surface area (Å²) in [7, 11) is 0. The summed E-state index contributed by atoms with van der Waals surface area (Å²) in [5.74, 6) is 2.14. The van der Waals surface area contributed by atoms with E-state index in [1.165, 1.54) is 12.4 Å². The highest BCUT2D eigenvalue weighted by atomic mass is 35.5. The fourth-order valence-electron chi connectivity index (χ4n) is 7.30. The van der Waals surface area contributed by atoms with E-state index in [1.54, 1.807) is 34.3 Å². The molecule has 324 valence electrons. The number of piperidine rings is 2. The molecule has 16 nitrogen and oxygen atoms in total. The van der Waals surface area contributed by atoms with Crippen molar-refractivity contribution in [3.8, 4) is 35.1 Å². The zero-order valence-corrected chi connectivity index (χ0v) is 35.4. The maximum atomic E-state index is 14.4. The first-order chi connectivity index (χ1) is 30.1. The number of aromatic nitrogens is 8. The Morgan fingerprint density at radius 3 is 1.71 bits per heavy atom. The quantitative estimate of drug-likeness (QED) is 0.0719. The van der Waals surface area contributed by atoms with Gasteiger partial charge in [-0.2, -0.15) is 0 Å². The van der Waals surface area contributed by atoms with Gasteiger partial charge in [-0.05, 0) is 50.7 Å². The molecule has 0 aromatic carbocycles. The van der Waals surface area contributed by atoms with E-state index in [0.717, 1.165) is 61.7 Å². The number of aromatic amines is 2. The van der Waals surface area contributed by atoms with Crippen LogP contribution in [-0.4, -0.2) is 119 Å². The number of nitrogens with one attached hydrogen (secondary N) is 4. The van der Waals surface area contributed by atoms with Crippen LogP contribution in [0.4, 0.5) is 30.0 Å². The highest BCUT2D eigenvalue weighted by Crippen LogP contribution is 2.30. The van der Waals surface area contributed by atoms with Crippen LogP contribution in [0.25, 0.3) is 44.8 Å². The van der Waals surface area contributed by atoms with E-state index in [1.807, 2.05) is 0 Å². The van der Waals surface area contributed by atoms with Crippen molar-refractivity contribution in [2.45, 2.75) is 50.6 Å². The van der Waals surface area contributed by atoms with Crippen molar-refractivity contribution in [3.05, 3.63) is 71.0 Å². The number of pyridine rings is 2. The Hall–Kier alpha value is -6.03. The number of hydrogen-bond acceptors (Lipinski definition) is 12. The Balaban J connectivity index is 0.000000186. The van der Waals surface area contributed by atoms with Crippen molar-refractivity contribution < 1.29 is 27.8 Å². The number of H-pyrrole nitrogens is 2. The monoisotopic (exact) mass is 908 g/mol. The lowest BCUT2D eigenvalue weighted by molar-refractivity contribution is 0.0801. The van der Waals surface area contributed by atoms with Gasteiger partial charge in [0.05, 0.1) is 40.4 Å². The molecular weight excluding hydrogens is 869 g/mol. The van der Waals surface area contributed by atoms with Crippen molar-refractivity contribution in [3.63, 3.8) is 0 Å².